The minimum Gasteiger partial charge on any atom is -0.334 e. The molecule has 0 aromatic heterocycles. The van der Waals surface area contributed by atoms with Crippen LogP contribution in [0.2, 0.25) is 0 Å². The van der Waals surface area contributed by atoms with Gasteiger partial charge in [0.1, 0.15) is 0 Å². The zero-order valence-electron chi connectivity index (χ0n) is 14.7. The molecular weight excluding hydrogens is 338 g/mol. The highest BCUT2D eigenvalue weighted by molar-refractivity contribution is 7.89. The molecule has 2 saturated heterocycles. The number of sulfonamides is 1. The molecule has 1 aromatic rings. The van der Waals surface area contributed by atoms with Crippen molar-refractivity contribution in [2.45, 2.75) is 56.0 Å². The first-order valence-electron chi connectivity index (χ1n) is 9.08. The summed E-state index contributed by atoms with van der Waals surface area (Å²) in [6.45, 7) is 3.61. The summed E-state index contributed by atoms with van der Waals surface area (Å²) < 4.78 is 27.6. The molecule has 2 atom stereocenters. The Morgan fingerprint density at radius 2 is 2.00 bits per heavy atom. The van der Waals surface area contributed by atoms with Crippen LogP contribution >= 0.6 is 0 Å². The predicted molar refractivity (Wildman–Crippen MR) is 96.8 cm³/mol. The normalized spacial score (nSPS) is 25.3. The van der Waals surface area contributed by atoms with Gasteiger partial charge in [0, 0.05) is 37.3 Å². The number of likely N-dealkylation sites (tertiary alicyclic amines) is 1. The fourth-order valence-electron chi connectivity index (χ4n) is 3.87. The highest BCUT2D eigenvalue weighted by Crippen LogP contribution is 2.26. The number of hydrogen-bond donors (Lipinski definition) is 1. The van der Waals surface area contributed by atoms with Crippen LogP contribution in [0.5, 0.6) is 0 Å². The second-order valence-corrected chi connectivity index (χ2v) is 8.91. The van der Waals surface area contributed by atoms with Crippen LogP contribution in [-0.2, 0) is 10.0 Å². The van der Waals surface area contributed by atoms with E-state index in [9.17, 15) is 13.2 Å². The molecule has 2 aliphatic rings. The molecule has 2 N–H and O–H groups in total. The molecule has 0 bridgehead atoms. The van der Waals surface area contributed by atoms with E-state index in [2.05, 4.69) is 0 Å². The van der Waals surface area contributed by atoms with Crippen molar-refractivity contribution in [3.63, 3.8) is 0 Å². The van der Waals surface area contributed by atoms with Crippen molar-refractivity contribution in [1.29, 1.82) is 0 Å². The van der Waals surface area contributed by atoms with Gasteiger partial charge in [0.2, 0.25) is 10.0 Å². The third-order valence-electron chi connectivity index (χ3n) is 5.34. The molecule has 3 rings (SSSR count). The van der Waals surface area contributed by atoms with Crippen LogP contribution in [0.4, 0.5) is 0 Å². The highest BCUT2D eigenvalue weighted by Gasteiger charge is 2.32. The smallest absolute Gasteiger partial charge is 0.254 e. The van der Waals surface area contributed by atoms with Gasteiger partial charge in [0.25, 0.3) is 5.91 Å². The number of amides is 1. The Morgan fingerprint density at radius 1 is 1.20 bits per heavy atom. The van der Waals surface area contributed by atoms with Gasteiger partial charge in [-0.1, -0.05) is 12.5 Å². The van der Waals surface area contributed by atoms with Gasteiger partial charge in [-0.15, -0.1) is 0 Å². The molecule has 1 amide bonds. The second kappa shape index (κ2) is 7.43. The van der Waals surface area contributed by atoms with Crippen LogP contribution in [-0.4, -0.2) is 55.2 Å². The van der Waals surface area contributed by atoms with Crippen LogP contribution in [0.3, 0.4) is 0 Å². The SMILES string of the molecule is CC1CCCCN1S(=O)(=O)c1cccc(C(=O)N2CCCC2CN)c1. The average Bonchev–Trinajstić information content (AvgIpc) is 3.10. The van der Waals surface area contributed by atoms with Crippen molar-refractivity contribution in [3.8, 4) is 0 Å². The number of nitrogens with two attached hydrogens (primary N) is 1. The Morgan fingerprint density at radius 3 is 2.72 bits per heavy atom. The third-order valence-corrected chi connectivity index (χ3v) is 7.35. The quantitative estimate of drug-likeness (QED) is 0.882. The third kappa shape index (κ3) is 3.59. The summed E-state index contributed by atoms with van der Waals surface area (Å²) >= 11 is 0. The maximum absolute atomic E-state index is 13.0. The molecule has 1 aromatic carbocycles. The Hall–Kier alpha value is -1.44. The van der Waals surface area contributed by atoms with E-state index < -0.39 is 10.0 Å². The lowest BCUT2D eigenvalue weighted by atomic mass is 10.1. The first-order valence-corrected chi connectivity index (χ1v) is 10.5. The number of hydrogen-bond acceptors (Lipinski definition) is 4. The molecule has 2 fully saturated rings. The van der Waals surface area contributed by atoms with Gasteiger partial charge < -0.3 is 10.6 Å². The number of carbonyl (C=O) groups is 1. The Balaban J connectivity index is 1.87. The van der Waals surface area contributed by atoms with Crippen LogP contribution in [0.15, 0.2) is 29.2 Å². The maximum atomic E-state index is 13.0. The van der Waals surface area contributed by atoms with Crippen molar-refractivity contribution < 1.29 is 13.2 Å². The maximum Gasteiger partial charge on any atom is 0.254 e. The lowest BCUT2D eigenvalue weighted by molar-refractivity contribution is 0.0741. The molecule has 0 aliphatic carbocycles. The summed E-state index contributed by atoms with van der Waals surface area (Å²) in [6, 6.07) is 6.49. The van der Waals surface area contributed by atoms with E-state index in [1.54, 1.807) is 27.4 Å². The molecule has 7 heteroatoms. The summed E-state index contributed by atoms with van der Waals surface area (Å²) in [5.41, 5.74) is 6.18. The van der Waals surface area contributed by atoms with Gasteiger partial charge in [-0.2, -0.15) is 4.31 Å². The van der Waals surface area contributed by atoms with E-state index in [-0.39, 0.29) is 22.9 Å². The molecule has 2 heterocycles. The summed E-state index contributed by atoms with van der Waals surface area (Å²) in [5, 5.41) is 0. The zero-order chi connectivity index (χ0) is 18.0. The fraction of sp³-hybridized carbons (Fsp3) is 0.611. The fourth-order valence-corrected chi connectivity index (χ4v) is 5.61. The van der Waals surface area contributed by atoms with E-state index in [0.29, 0.717) is 25.2 Å². The lowest BCUT2D eigenvalue weighted by Crippen LogP contribution is -2.42. The van der Waals surface area contributed by atoms with E-state index in [4.69, 9.17) is 5.73 Å². The number of carbonyl (C=O) groups excluding carboxylic acids is 1. The molecule has 2 unspecified atom stereocenters. The van der Waals surface area contributed by atoms with Gasteiger partial charge in [-0.05, 0) is 50.8 Å². The lowest BCUT2D eigenvalue weighted by Gasteiger charge is -2.32. The minimum absolute atomic E-state index is 0.00156. The topological polar surface area (TPSA) is 83.7 Å². The van der Waals surface area contributed by atoms with E-state index in [1.807, 2.05) is 6.92 Å². The van der Waals surface area contributed by atoms with Crippen molar-refractivity contribution >= 4 is 15.9 Å². The first-order chi connectivity index (χ1) is 11.9. The Bertz CT molecular complexity index is 735. The minimum atomic E-state index is -3.57. The molecule has 0 radical (unpaired) electrons. The zero-order valence-corrected chi connectivity index (χ0v) is 15.5. The molecule has 0 saturated carbocycles. The van der Waals surface area contributed by atoms with Crippen molar-refractivity contribution in [2.75, 3.05) is 19.6 Å². The standard InChI is InChI=1S/C18H27N3O3S/c1-14-6-2-3-11-21(14)25(23,24)17-9-4-7-15(12-17)18(22)20-10-5-8-16(20)13-19/h4,7,9,12,14,16H,2-3,5-6,8,10-11,13,19H2,1H3. The largest absolute Gasteiger partial charge is 0.334 e. The first kappa shape index (κ1) is 18.4. The Labute approximate surface area is 150 Å². The summed E-state index contributed by atoms with van der Waals surface area (Å²) in [7, 11) is -3.57. The van der Waals surface area contributed by atoms with Crippen LogP contribution in [0.25, 0.3) is 0 Å². The van der Waals surface area contributed by atoms with E-state index in [1.165, 1.54) is 6.07 Å². The van der Waals surface area contributed by atoms with Crippen molar-refractivity contribution in [3.05, 3.63) is 29.8 Å². The van der Waals surface area contributed by atoms with Gasteiger partial charge in [0.15, 0.2) is 0 Å². The number of piperidine rings is 1. The molecule has 2 aliphatic heterocycles. The van der Waals surface area contributed by atoms with Crippen LogP contribution < -0.4 is 5.73 Å². The second-order valence-electron chi connectivity index (χ2n) is 7.02. The molecular formula is C18H27N3O3S. The van der Waals surface area contributed by atoms with Crippen LogP contribution in [0.1, 0.15) is 49.4 Å². The van der Waals surface area contributed by atoms with Crippen molar-refractivity contribution in [1.82, 2.24) is 9.21 Å². The van der Waals surface area contributed by atoms with E-state index in [0.717, 1.165) is 32.1 Å². The molecule has 6 nitrogen and oxygen atoms in total. The average molecular weight is 365 g/mol. The summed E-state index contributed by atoms with van der Waals surface area (Å²) in [5.74, 6) is -0.128. The summed E-state index contributed by atoms with van der Waals surface area (Å²) in [6.07, 6.45) is 4.67. The van der Waals surface area contributed by atoms with Crippen molar-refractivity contribution in [2.24, 2.45) is 5.73 Å². The number of nitrogens with zero attached hydrogens (tertiary/aromatic N) is 2. The molecule has 138 valence electrons. The van der Waals surface area contributed by atoms with Gasteiger partial charge in [-0.3, -0.25) is 4.79 Å². The summed E-state index contributed by atoms with van der Waals surface area (Å²) in [4.78, 5) is 14.8. The predicted octanol–water partition coefficient (Wildman–Crippen LogP) is 1.81. The highest BCUT2D eigenvalue weighted by atomic mass is 32.2. The van der Waals surface area contributed by atoms with Gasteiger partial charge >= 0.3 is 0 Å². The molecule has 25 heavy (non-hydrogen) atoms. The van der Waals surface area contributed by atoms with Gasteiger partial charge in [-0.25, -0.2) is 8.42 Å². The van der Waals surface area contributed by atoms with Gasteiger partial charge in [0.05, 0.1) is 4.90 Å². The number of rotatable bonds is 4. The van der Waals surface area contributed by atoms with E-state index >= 15 is 0 Å². The number of benzene rings is 1. The van der Waals surface area contributed by atoms with Crippen LogP contribution in [0, 0.1) is 0 Å². The monoisotopic (exact) mass is 365 g/mol. The Kier molecular flexibility index (Phi) is 5.46. The molecule has 0 spiro atoms.